The summed E-state index contributed by atoms with van der Waals surface area (Å²) < 4.78 is 10.6. The number of nitrogens with zero attached hydrogens (tertiary/aromatic N) is 3. The summed E-state index contributed by atoms with van der Waals surface area (Å²) in [5.41, 5.74) is 1.66. The van der Waals surface area contributed by atoms with Gasteiger partial charge < -0.3 is 14.4 Å². The van der Waals surface area contributed by atoms with Crippen molar-refractivity contribution in [2.24, 2.45) is 0 Å². The van der Waals surface area contributed by atoms with Crippen molar-refractivity contribution in [3.05, 3.63) is 52.4 Å². The smallest absolute Gasteiger partial charge is 0.415 e. The van der Waals surface area contributed by atoms with Gasteiger partial charge in [-0.1, -0.05) is 12.1 Å². The second kappa shape index (κ2) is 7.78. The largest absolute Gasteiger partial charge is 0.442 e. The molecule has 10 heteroatoms. The van der Waals surface area contributed by atoms with Gasteiger partial charge in [-0.05, 0) is 29.1 Å². The minimum Gasteiger partial charge on any atom is -0.442 e. The van der Waals surface area contributed by atoms with Gasteiger partial charge in [-0.15, -0.1) is 11.3 Å². The van der Waals surface area contributed by atoms with Crippen LogP contribution in [0, 0.1) is 0 Å². The monoisotopic (exact) mass is 441 g/mol. The molecular formula is C21H19N3O6S. The first-order chi connectivity index (χ1) is 15.0. The molecular weight excluding hydrogens is 422 g/mol. The molecule has 0 spiro atoms. The van der Waals surface area contributed by atoms with Crippen LogP contribution >= 0.6 is 11.3 Å². The number of cyclic esters (lactones) is 1. The molecule has 5 rings (SSSR count). The summed E-state index contributed by atoms with van der Waals surface area (Å²) in [6, 6.07) is 8.52. The summed E-state index contributed by atoms with van der Waals surface area (Å²) >= 11 is 1.38. The maximum Gasteiger partial charge on any atom is 0.415 e. The molecule has 1 aromatic carbocycles. The molecule has 4 heterocycles. The predicted octanol–water partition coefficient (Wildman–Crippen LogP) is 1.73. The zero-order valence-corrected chi connectivity index (χ0v) is 17.3. The standard InChI is InChI=1S/C21H19N3O6S/c25-17-11-29-6-5-22(17)8-13-7-18(31-12-13)23-9-14(30-21(23)28)10-24-19(26)15-3-1-2-4-16(15)20(24)27/h1-4,7,12,14H,5-6,8-11H2/t14-/m1/s1. The van der Waals surface area contributed by atoms with E-state index in [-0.39, 0.29) is 37.4 Å². The molecule has 0 aliphatic carbocycles. The second-order valence-electron chi connectivity index (χ2n) is 7.54. The Morgan fingerprint density at radius 3 is 2.52 bits per heavy atom. The fourth-order valence-corrected chi connectivity index (χ4v) is 4.84. The number of benzene rings is 1. The maximum absolute atomic E-state index is 12.6. The van der Waals surface area contributed by atoms with E-state index in [9.17, 15) is 19.2 Å². The minimum absolute atomic E-state index is 0.00903. The summed E-state index contributed by atoms with van der Waals surface area (Å²) in [6.45, 7) is 1.85. The topological polar surface area (TPSA) is 96.5 Å². The number of rotatable bonds is 5. The van der Waals surface area contributed by atoms with Gasteiger partial charge in [0.1, 0.15) is 17.7 Å². The van der Waals surface area contributed by atoms with E-state index >= 15 is 0 Å². The van der Waals surface area contributed by atoms with Gasteiger partial charge in [-0.3, -0.25) is 24.2 Å². The van der Waals surface area contributed by atoms with E-state index < -0.39 is 12.2 Å². The van der Waals surface area contributed by atoms with E-state index in [1.807, 2.05) is 11.4 Å². The molecule has 160 valence electrons. The number of morpholine rings is 1. The number of thiophene rings is 1. The molecule has 0 unspecified atom stereocenters. The zero-order valence-electron chi connectivity index (χ0n) is 16.5. The van der Waals surface area contributed by atoms with E-state index in [2.05, 4.69) is 0 Å². The third-order valence-corrected chi connectivity index (χ3v) is 6.50. The molecule has 2 saturated heterocycles. The van der Waals surface area contributed by atoms with Crippen LogP contribution in [0.2, 0.25) is 0 Å². The molecule has 3 aliphatic rings. The fourth-order valence-electron chi connectivity index (χ4n) is 3.93. The first-order valence-corrected chi connectivity index (χ1v) is 10.8. The number of fused-ring (bicyclic) bond motifs is 1. The minimum atomic E-state index is -0.610. The van der Waals surface area contributed by atoms with Crippen molar-refractivity contribution in [3.63, 3.8) is 0 Å². The van der Waals surface area contributed by atoms with Crippen molar-refractivity contribution in [2.75, 3.05) is 37.7 Å². The number of imide groups is 1. The number of carbonyl (C=O) groups is 4. The van der Waals surface area contributed by atoms with Crippen LogP contribution < -0.4 is 4.90 Å². The molecule has 0 N–H and O–H groups in total. The highest BCUT2D eigenvalue weighted by atomic mass is 32.1. The van der Waals surface area contributed by atoms with Gasteiger partial charge in [0, 0.05) is 13.1 Å². The van der Waals surface area contributed by atoms with Crippen molar-refractivity contribution in [3.8, 4) is 0 Å². The summed E-state index contributed by atoms with van der Waals surface area (Å²) in [6.07, 6.45) is -1.13. The zero-order chi connectivity index (χ0) is 21.5. The lowest BCUT2D eigenvalue weighted by molar-refractivity contribution is -0.143. The molecule has 1 atom stereocenters. The Hall–Kier alpha value is -3.24. The quantitative estimate of drug-likeness (QED) is 0.656. The number of ether oxygens (including phenoxy) is 2. The van der Waals surface area contributed by atoms with Gasteiger partial charge >= 0.3 is 6.09 Å². The lowest BCUT2D eigenvalue weighted by atomic mass is 10.1. The van der Waals surface area contributed by atoms with E-state index in [1.165, 1.54) is 16.2 Å². The van der Waals surface area contributed by atoms with Gasteiger partial charge in [-0.25, -0.2) is 4.79 Å². The molecule has 4 amide bonds. The second-order valence-corrected chi connectivity index (χ2v) is 8.43. The average molecular weight is 441 g/mol. The van der Waals surface area contributed by atoms with Crippen LogP contribution in [0.3, 0.4) is 0 Å². The maximum atomic E-state index is 12.6. The number of anilines is 1. The van der Waals surface area contributed by atoms with Crippen LogP contribution in [0.4, 0.5) is 9.80 Å². The Morgan fingerprint density at radius 2 is 1.81 bits per heavy atom. The van der Waals surface area contributed by atoms with Gasteiger partial charge in [0.15, 0.2) is 0 Å². The van der Waals surface area contributed by atoms with Crippen molar-refractivity contribution >= 4 is 40.2 Å². The summed E-state index contributed by atoms with van der Waals surface area (Å²) in [4.78, 5) is 53.8. The predicted molar refractivity (Wildman–Crippen MR) is 110 cm³/mol. The molecule has 3 aliphatic heterocycles. The van der Waals surface area contributed by atoms with Crippen molar-refractivity contribution < 1.29 is 28.7 Å². The Balaban J connectivity index is 1.24. The highest BCUT2D eigenvalue weighted by Crippen LogP contribution is 2.31. The van der Waals surface area contributed by atoms with Crippen molar-refractivity contribution in [1.29, 1.82) is 0 Å². The first kappa shape index (κ1) is 19.7. The van der Waals surface area contributed by atoms with Gasteiger partial charge in [0.25, 0.3) is 11.8 Å². The molecule has 0 radical (unpaired) electrons. The number of amides is 4. The first-order valence-electron chi connectivity index (χ1n) is 9.87. The average Bonchev–Trinajstić information content (AvgIpc) is 3.44. The normalized spacial score (nSPS) is 21.2. The Labute approximate surface area is 181 Å². The Morgan fingerprint density at radius 1 is 1.06 bits per heavy atom. The molecule has 0 saturated carbocycles. The third-order valence-electron chi connectivity index (χ3n) is 5.50. The lowest BCUT2D eigenvalue weighted by Gasteiger charge is -2.26. The lowest BCUT2D eigenvalue weighted by Crippen LogP contribution is -2.40. The van der Waals surface area contributed by atoms with E-state index in [1.54, 1.807) is 29.2 Å². The Kier molecular flexibility index (Phi) is 4.95. The Bertz CT molecular complexity index is 1050. The summed E-state index contributed by atoms with van der Waals surface area (Å²) in [5, 5.41) is 2.61. The van der Waals surface area contributed by atoms with Crippen LogP contribution in [0.25, 0.3) is 0 Å². The van der Waals surface area contributed by atoms with Crippen LogP contribution in [0.1, 0.15) is 26.3 Å². The van der Waals surface area contributed by atoms with Crippen molar-refractivity contribution in [2.45, 2.75) is 12.6 Å². The van der Waals surface area contributed by atoms with E-state index in [0.717, 1.165) is 10.5 Å². The molecule has 9 nitrogen and oxygen atoms in total. The SMILES string of the molecule is O=C1COCCN1Cc1csc(N2C[C@H](CN3C(=O)c4ccccc4C3=O)OC2=O)c1. The molecule has 2 aromatic rings. The van der Waals surface area contributed by atoms with Crippen LogP contribution in [-0.2, 0) is 20.8 Å². The van der Waals surface area contributed by atoms with E-state index in [0.29, 0.717) is 35.8 Å². The van der Waals surface area contributed by atoms with Crippen LogP contribution in [-0.4, -0.2) is 72.6 Å². The number of hydrogen-bond donors (Lipinski definition) is 0. The van der Waals surface area contributed by atoms with Gasteiger partial charge in [-0.2, -0.15) is 0 Å². The van der Waals surface area contributed by atoms with Crippen molar-refractivity contribution in [1.82, 2.24) is 9.80 Å². The number of carbonyl (C=O) groups excluding carboxylic acids is 4. The highest BCUT2D eigenvalue weighted by Gasteiger charge is 2.41. The molecule has 31 heavy (non-hydrogen) atoms. The molecule has 1 aromatic heterocycles. The van der Waals surface area contributed by atoms with Gasteiger partial charge in [0.05, 0.1) is 30.8 Å². The van der Waals surface area contributed by atoms with Gasteiger partial charge in [0.2, 0.25) is 5.91 Å². The third kappa shape index (κ3) is 3.57. The highest BCUT2D eigenvalue weighted by molar-refractivity contribution is 7.14. The molecule has 0 bridgehead atoms. The summed E-state index contributed by atoms with van der Waals surface area (Å²) in [5.74, 6) is -0.798. The molecule has 2 fully saturated rings. The summed E-state index contributed by atoms with van der Waals surface area (Å²) in [7, 11) is 0. The van der Waals surface area contributed by atoms with E-state index in [4.69, 9.17) is 9.47 Å². The fraction of sp³-hybridized carbons (Fsp3) is 0.333. The van der Waals surface area contributed by atoms with Crippen LogP contribution in [0.15, 0.2) is 35.7 Å². The number of hydrogen-bond acceptors (Lipinski definition) is 7. The van der Waals surface area contributed by atoms with Crippen LogP contribution in [0.5, 0.6) is 0 Å².